The van der Waals surface area contributed by atoms with Crippen LogP contribution in [0.4, 0.5) is 5.82 Å². The highest BCUT2D eigenvalue weighted by Crippen LogP contribution is 2.32. The fraction of sp³-hybridized carbons (Fsp3) is 0.273. The van der Waals surface area contributed by atoms with Crippen molar-refractivity contribution >= 4 is 33.7 Å². The Bertz CT molecular complexity index is 1270. The molecule has 0 aliphatic carbocycles. The van der Waals surface area contributed by atoms with Crippen LogP contribution < -0.4 is 10.5 Å². The average molecular weight is 419 g/mol. The molecule has 2 atom stereocenters. The Morgan fingerprint density at radius 1 is 1.23 bits per heavy atom. The van der Waals surface area contributed by atoms with Crippen LogP contribution in [0.2, 0.25) is 0 Å². The molecule has 0 radical (unpaired) electrons. The summed E-state index contributed by atoms with van der Waals surface area (Å²) >= 11 is 0. The Labute approximate surface area is 177 Å². The number of methoxy groups -OCH3 is 1. The molecule has 1 fully saturated rings. The number of pyridine rings is 1. The average Bonchev–Trinajstić information content (AvgIpc) is 3.44. The lowest BCUT2D eigenvalue weighted by Crippen LogP contribution is -2.18. The molecule has 3 aromatic heterocycles. The second-order valence-corrected chi connectivity index (χ2v) is 7.39. The zero-order valence-electron chi connectivity index (χ0n) is 16.9. The lowest BCUT2D eigenvalue weighted by Gasteiger charge is -2.16. The van der Waals surface area contributed by atoms with Crippen molar-refractivity contribution in [3.8, 4) is 5.75 Å². The molecule has 31 heavy (non-hydrogen) atoms. The number of nitrogens with two attached hydrogens (primary N) is 1. The minimum Gasteiger partial charge on any atom is -0.491 e. The molecule has 9 heteroatoms. The van der Waals surface area contributed by atoms with E-state index in [-0.39, 0.29) is 12.3 Å². The summed E-state index contributed by atoms with van der Waals surface area (Å²) in [6, 6.07) is 9.24. The number of anilines is 1. The minimum atomic E-state index is -0.410. The summed E-state index contributed by atoms with van der Waals surface area (Å²) in [5, 5.41) is 1.66. The molecule has 9 nitrogen and oxygen atoms in total. The van der Waals surface area contributed by atoms with Crippen LogP contribution in [0.3, 0.4) is 0 Å². The molecule has 1 saturated heterocycles. The molecular weight excluding hydrogens is 398 g/mol. The van der Waals surface area contributed by atoms with Gasteiger partial charge in [0.2, 0.25) is 0 Å². The van der Waals surface area contributed by atoms with E-state index in [1.807, 2.05) is 35.0 Å². The molecule has 0 unspecified atom stereocenters. The van der Waals surface area contributed by atoms with Crippen molar-refractivity contribution in [1.29, 1.82) is 0 Å². The summed E-state index contributed by atoms with van der Waals surface area (Å²) in [5.74, 6) is 0.752. The maximum Gasteiger partial charge on any atom is 0.339 e. The van der Waals surface area contributed by atoms with Crippen LogP contribution in [0.5, 0.6) is 5.75 Å². The number of nitrogen functional groups attached to an aromatic ring is 1. The summed E-state index contributed by atoms with van der Waals surface area (Å²) in [6.45, 7) is 0.429. The van der Waals surface area contributed by atoms with Gasteiger partial charge in [-0.15, -0.1) is 0 Å². The van der Waals surface area contributed by atoms with Crippen molar-refractivity contribution in [3.05, 3.63) is 54.6 Å². The number of benzene rings is 1. The van der Waals surface area contributed by atoms with E-state index in [9.17, 15) is 4.79 Å². The maximum atomic E-state index is 11.7. The quantitative estimate of drug-likeness (QED) is 0.491. The lowest BCUT2D eigenvalue weighted by atomic mass is 10.1. The van der Waals surface area contributed by atoms with Gasteiger partial charge in [0.1, 0.15) is 36.4 Å². The molecular formula is C22H21N5O4. The molecule has 158 valence electrons. The number of hydrogen-bond acceptors (Lipinski definition) is 8. The first-order valence-corrected chi connectivity index (χ1v) is 9.96. The highest BCUT2D eigenvalue weighted by Gasteiger charge is 2.28. The van der Waals surface area contributed by atoms with Crippen LogP contribution in [0.1, 0.15) is 29.4 Å². The topological polar surface area (TPSA) is 114 Å². The Morgan fingerprint density at radius 3 is 3.00 bits per heavy atom. The summed E-state index contributed by atoms with van der Waals surface area (Å²) in [6.07, 6.45) is 6.48. The second kappa shape index (κ2) is 7.84. The monoisotopic (exact) mass is 419 g/mol. The van der Waals surface area contributed by atoms with Crippen molar-refractivity contribution in [2.75, 3.05) is 19.5 Å². The summed E-state index contributed by atoms with van der Waals surface area (Å²) in [5.41, 5.74) is 7.85. The predicted octanol–water partition coefficient (Wildman–Crippen LogP) is 3.10. The summed E-state index contributed by atoms with van der Waals surface area (Å²) < 4.78 is 18.9. The standard InChI is InChI=1S/C22H21N5O4/c1-29-22(28)14-8-13-2-3-15(9-18(13)24-10-14)30-11-16-4-5-19(31-16)27-7-6-17-20(23)25-12-26-21(17)27/h2-3,6-10,12,16,19H,4-5,11H2,1H3,(H2,23,25,26)/t16-,19+/m0/s1. The van der Waals surface area contributed by atoms with E-state index in [4.69, 9.17) is 19.9 Å². The van der Waals surface area contributed by atoms with Gasteiger partial charge in [0.05, 0.1) is 29.7 Å². The normalized spacial score (nSPS) is 18.5. The summed E-state index contributed by atoms with van der Waals surface area (Å²) in [7, 11) is 1.35. The molecule has 2 N–H and O–H groups in total. The van der Waals surface area contributed by atoms with Crippen LogP contribution in [-0.2, 0) is 9.47 Å². The van der Waals surface area contributed by atoms with Crippen LogP contribution in [0.15, 0.2) is 49.1 Å². The van der Waals surface area contributed by atoms with Crippen molar-refractivity contribution in [2.24, 2.45) is 0 Å². The molecule has 0 amide bonds. The van der Waals surface area contributed by atoms with Gasteiger partial charge in [0.15, 0.2) is 0 Å². The molecule has 0 bridgehead atoms. The number of carbonyl (C=O) groups excluding carboxylic acids is 1. The number of carbonyl (C=O) groups is 1. The molecule has 4 heterocycles. The predicted molar refractivity (Wildman–Crippen MR) is 114 cm³/mol. The van der Waals surface area contributed by atoms with Crippen LogP contribution in [-0.4, -0.2) is 45.3 Å². The van der Waals surface area contributed by atoms with Crippen molar-refractivity contribution in [3.63, 3.8) is 0 Å². The second-order valence-electron chi connectivity index (χ2n) is 7.39. The van der Waals surface area contributed by atoms with E-state index in [1.165, 1.54) is 19.6 Å². The van der Waals surface area contributed by atoms with E-state index >= 15 is 0 Å². The number of fused-ring (bicyclic) bond motifs is 2. The van der Waals surface area contributed by atoms with Gasteiger partial charge < -0.3 is 24.5 Å². The number of ether oxygens (including phenoxy) is 3. The zero-order chi connectivity index (χ0) is 21.4. The first-order chi connectivity index (χ1) is 15.1. The van der Waals surface area contributed by atoms with E-state index < -0.39 is 5.97 Å². The van der Waals surface area contributed by atoms with Gasteiger partial charge in [-0.1, -0.05) is 0 Å². The van der Waals surface area contributed by atoms with E-state index in [0.717, 1.165) is 34.8 Å². The van der Waals surface area contributed by atoms with Crippen molar-refractivity contribution < 1.29 is 19.0 Å². The van der Waals surface area contributed by atoms with Gasteiger partial charge >= 0.3 is 5.97 Å². The van der Waals surface area contributed by atoms with Crippen LogP contribution >= 0.6 is 0 Å². The third kappa shape index (κ3) is 3.64. The molecule has 4 aromatic rings. The minimum absolute atomic E-state index is 0.0352. The maximum absolute atomic E-state index is 11.7. The number of rotatable bonds is 5. The summed E-state index contributed by atoms with van der Waals surface area (Å²) in [4.78, 5) is 24.4. The van der Waals surface area contributed by atoms with Gasteiger partial charge in [-0.05, 0) is 37.1 Å². The van der Waals surface area contributed by atoms with E-state index in [2.05, 4.69) is 15.0 Å². The number of esters is 1. The highest BCUT2D eigenvalue weighted by molar-refractivity contribution is 5.93. The van der Waals surface area contributed by atoms with Crippen molar-refractivity contribution in [1.82, 2.24) is 19.5 Å². The first-order valence-electron chi connectivity index (χ1n) is 9.96. The smallest absolute Gasteiger partial charge is 0.339 e. The van der Waals surface area contributed by atoms with Gasteiger partial charge in [-0.25, -0.2) is 14.8 Å². The van der Waals surface area contributed by atoms with Gasteiger partial charge in [0.25, 0.3) is 0 Å². The molecule has 1 aliphatic rings. The first kappa shape index (κ1) is 19.3. The number of hydrogen-bond donors (Lipinski definition) is 1. The van der Waals surface area contributed by atoms with Gasteiger partial charge in [-0.2, -0.15) is 0 Å². The fourth-order valence-electron chi connectivity index (χ4n) is 3.85. The Kier molecular flexibility index (Phi) is 4.87. The number of aromatic nitrogens is 4. The van der Waals surface area contributed by atoms with E-state index in [1.54, 1.807) is 6.07 Å². The Morgan fingerprint density at radius 2 is 2.13 bits per heavy atom. The zero-order valence-corrected chi connectivity index (χ0v) is 16.9. The Balaban J connectivity index is 1.24. The third-order valence-electron chi connectivity index (χ3n) is 5.45. The van der Waals surface area contributed by atoms with Crippen LogP contribution in [0.25, 0.3) is 21.9 Å². The molecule has 1 aliphatic heterocycles. The van der Waals surface area contributed by atoms with Gasteiger partial charge in [-0.3, -0.25) is 4.98 Å². The lowest BCUT2D eigenvalue weighted by molar-refractivity contribution is -0.0156. The van der Waals surface area contributed by atoms with Crippen LogP contribution in [0, 0.1) is 0 Å². The molecule has 5 rings (SSSR count). The fourth-order valence-corrected chi connectivity index (χ4v) is 3.85. The molecule has 0 saturated carbocycles. The Hall–Kier alpha value is -3.72. The SMILES string of the molecule is COC(=O)c1cnc2cc(OC[C@@H]3CC[C@H](n4ccc5c(N)ncnc54)O3)ccc2c1. The van der Waals surface area contributed by atoms with Crippen molar-refractivity contribution in [2.45, 2.75) is 25.2 Å². The number of nitrogens with zero attached hydrogens (tertiary/aromatic N) is 4. The molecule has 0 spiro atoms. The van der Waals surface area contributed by atoms with E-state index in [0.29, 0.717) is 23.7 Å². The molecule has 1 aromatic carbocycles. The largest absolute Gasteiger partial charge is 0.491 e. The third-order valence-corrected chi connectivity index (χ3v) is 5.45. The van der Waals surface area contributed by atoms with Gasteiger partial charge in [0, 0.05) is 23.8 Å². The highest BCUT2D eigenvalue weighted by atomic mass is 16.6.